The summed E-state index contributed by atoms with van der Waals surface area (Å²) < 4.78 is 0. The summed E-state index contributed by atoms with van der Waals surface area (Å²) in [5.41, 5.74) is 2.67. The van der Waals surface area contributed by atoms with E-state index in [1.54, 1.807) is 0 Å². The normalized spacial score (nSPS) is 17.4. The fourth-order valence-corrected chi connectivity index (χ4v) is 2.24. The van der Waals surface area contributed by atoms with E-state index in [-0.39, 0.29) is 0 Å². The minimum atomic E-state index is 0.889. The van der Waals surface area contributed by atoms with Crippen molar-refractivity contribution in [3.63, 3.8) is 0 Å². The molecule has 1 aromatic carbocycles. The van der Waals surface area contributed by atoms with Gasteiger partial charge < -0.3 is 0 Å². The number of rotatable bonds is 1. The van der Waals surface area contributed by atoms with Gasteiger partial charge in [-0.3, -0.25) is 0 Å². The van der Waals surface area contributed by atoms with Gasteiger partial charge in [0, 0.05) is 5.02 Å². The maximum absolute atomic E-state index is 6.17. The van der Waals surface area contributed by atoms with Crippen LogP contribution < -0.4 is 0 Å². The molecule has 1 aliphatic rings. The average molecular weight is 207 g/mol. The third-order valence-electron chi connectivity index (χ3n) is 2.76. The van der Waals surface area contributed by atoms with Crippen LogP contribution in [0.15, 0.2) is 30.3 Å². The third-order valence-corrected chi connectivity index (χ3v) is 3.09. The summed E-state index contributed by atoms with van der Waals surface area (Å²) in [4.78, 5) is 0. The summed E-state index contributed by atoms with van der Waals surface area (Å²) in [6.07, 6.45) is 8.73. The molecule has 1 aliphatic carbocycles. The Labute approximate surface area is 90.6 Å². The van der Waals surface area contributed by atoms with E-state index in [9.17, 15) is 0 Å². The molecule has 0 heterocycles. The summed E-state index contributed by atoms with van der Waals surface area (Å²) in [6, 6.07) is 8.15. The van der Waals surface area contributed by atoms with Gasteiger partial charge in [0.2, 0.25) is 0 Å². The Morgan fingerprint density at radius 1 is 1.00 bits per heavy atom. The summed E-state index contributed by atoms with van der Waals surface area (Å²) >= 11 is 6.17. The van der Waals surface area contributed by atoms with Crippen molar-refractivity contribution >= 4 is 17.2 Å². The standard InChI is InChI=1S/C13H15Cl/c14-13-10-6-5-9-12(13)11-7-3-1-2-4-8-11/h5-7,9-10H,1-4,8H2. The lowest BCUT2D eigenvalue weighted by Gasteiger charge is -2.07. The van der Waals surface area contributed by atoms with Gasteiger partial charge in [-0.05, 0) is 42.9 Å². The minimum absolute atomic E-state index is 0.889. The van der Waals surface area contributed by atoms with Gasteiger partial charge >= 0.3 is 0 Å². The zero-order chi connectivity index (χ0) is 9.80. The van der Waals surface area contributed by atoms with Gasteiger partial charge in [-0.2, -0.15) is 0 Å². The Hall–Kier alpha value is -0.750. The zero-order valence-electron chi connectivity index (χ0n) is 8.30. The number of allylic oxidation sites excluding steroid dienone is 2. The minimum Gasteiger partial charge on any atom is -0.0837 e. The number of hydrogen-bond acceptors (Lipinski definition) is 0. The summed E-state index contributed by atoms with van der Waals surface area (Å²) in [5, 5.41) is 0.889. The van der Waals surface area contributed by atoms with Gasteiger partial charge in [0.15, 0.2) is 0 Å². The van der Waals surface area contributed by atoms with Crippen molar-refractivity contribution in [3.05, 3.63) is 40.9 Å². The molecule has 1 heteroatoms. The molecule has 0 nitrogen and oxygen atoms in total. The first-order valence-electron chi connectivity index (χ1n) is 5.32. The lowest BCUT2D eigenvalue weighted by Crippen LogP contribution is -1.84. The topological polar surface area (TPSA) is 0 Å². The second kappa shape index (κ2) is 4.65. The Balaban J connectivity index is 2.29. The van der Waals surface area contributed by atoms with Crippen LogP contribution in [0.4, 0.5) is 0 Å². The lowest BCUT2D eigenvalue weighted by molar-refractivity contribution is 0.720. The van der Waals surface area contributed by atoms with E-state index in [2.05, 4.69) is 18.2 Å². The van der Waals surface area contributed by atoms with Crippen molar-refractivity contribution in [3.8, 4) is 0 Å². The van der Waals surface area contributed by atoms with Crippen LogP contribution in [-0.4, -0.2) is 0 Å². The van der Waals surface area contributed by atoms with Crippen LogP contribution in [0.25, 0.3) is 5.57 Å². The van der Waals surface area contributed by atoms with E-state index in [1.807, 2.05) is 12.1 Å². The van der Waals surface area contributed by atoms with Crippen molar-refractivity contribution in [2.45, 2.75) is 32.1 Å². The van der Waals surface area contributed by atoms with Crippen LogP contribution in [0.3, 0.4) is 0 Å². The van der Waals surface area contributed by atoms with Crippen LogP contribution >= 0.6 is 11.6 Å². The van der Waals surface area contributed by atoms with Crippen LogP contribution in [-0.2, 0) is 0 Å². The smallest absolute Gasteiger partial charge is 0.0481 e. The van der Waals surface area contributed by atoms with Crippen molar-refractivity contribution in [2.75, 3.05) is 0 Å². The van der Waals surface area contributed by atoms with Gasteiger partial charge in [0.25, 0.3) is 0 Å². The van der Waals surface area contributed by atoms with E-state index in [0.29, 0.717) is 0 Å². The maximum atomic E-state index is 6.17. The SMILES string of the molecule is Clc1ccccc1C1=CCCCCC1. The summed E-state index contributed by atoms with van der Waals surface area (Å²) in [5.74, 6) is 0. The highest BCUT2D eigenvalue weighted by Gasteiger charge is 2.07. The molecule has 0 unspecified atom stereocenters. The molecule has 0 fully saturated rings. The number of hydrogen-bond donors (Lipinski definition) is 0. The van der Waals surface area contributed by atoms with Crippen LogP contribution in [0.2, 0.25) is 5.02 Å². The largest absolute Gasteiger partial charge is 0.0837 e. The monoisotopic (exact) mass is 206 g/mol. The van der Waals surface area contributed by atoms with E-state index < -0.39 is 0 Å². The molecule has 0 aromatic heterocycles. The third kappa shape index (κ3) is 2.19. The molecule has 0 bridgehead atoms. The Bertz CT molecular complexity index is 339. The van der Waals surface area contributed by atoms with Gasteiger partial charge in [0.1, 0.15) is 0 Å². The molecule has 0 saturated heterocycles. The fraction of sp³-hybridized carbons (Fsp3) is 0.385. The second-order valence-corrected chi connectivity index (χ2v) is 4.22. The molecule has 0 radical (unpaired) electrons. The molecule has 0 saturated carbocycles. The summed E-state index contributed by atoms with van der Waals surface area (Å²) in [7, 11) is 0. The van der Waals surface area contributed by atoms with E-state index in [4.69, 9.17) is 11.6 Å². The van der Waals surface area contributed by atoms with Gasteiger partial charge in [-0.25, -0.2) is 0 Å². The van der Waals surface area contributed by atoms with Gasteiger partial charge in [0.05, 0.1) is 0 Å². The van der Waals surface area contributed by atoms with Crippen LogP contribution in [0.1, 0.15) is 37.7 Å². The molecule has 0 amide bonds. The van der Waals surface area contributed by atoms with E-state index in [0.717, 1.165) is 5.02 Å². The molecule has 0 spiro atoms. The van der Waals surface area contributed by atoms with E-state index >= 15 is 0 Å². The molecule has 0 atom stereocenters. The van der Waals surface area contributed by atoms with Gasteiger partial charge in [-0.1, -0.05) is 42.3 Å². The maximum Gasteiger partial charge on any atom is 0.0481 e. The Kier molecular flexibility index (Phi) is 3.26. The Morgan fingerprint density at radius 3 is 2.71 bits per heavy atom. The van der Waals surface area contributed by atoms with Gasteiger partial charge in [-0.15, -0.1) is 0 Å². The molecule has 74 valence electrons. The quantitative estimate of drug-likeness (QED) is 0.626. The predicted molar refractivity (Wildman–Crippen MR) is 62.5 cm³/mol. The molecule has 2 rings (SSSR count). The lowest BCUT2D eigenvalue weighted by atomic mass is 10.0. The first-order chi connectivity index (χ1) is 6.88. The predicted octanol–water partition coefficient (Wildman–Crippen LogP) is 4.69. The highest BCUT2D eigenvalue weighted by molar-refractivity contribution is 6.32. The van der Waals surface area contributed by atoms with Crippen molar-refractivity contribution in [2.24, 2.45) is 0 Å². The van der Waals surface area contributed by atoms with E-state index in [1.165, 1.54) is 43.2 Å². The molecule has 0 N–H and O–H groups in total. The first kappa shape index (κ1) is 9.79. The zero-order valence-corrected chi connectivity index (χ0v) is 9.06. The molecule has 0 aliphatic heterocycles. The highest BCUT2D eigenvalue weighted by atomic mass is 35.5. The number of benzene rings is 1. The molecule has 1 aromatic rings. The highest BCUT2D eigenvalue weighted by Crippen LogP contribution is 2.30. The summed E-state index contributed by atoms with van der Waals surface area (Å²) in [6.45, 7) is 0. The van der Waals surface area contributed by atoms with Crippen molar-refractivity contribution in [1.82, 2.24) is 0 Å². The fourth-order valence-electron chi connectivity index (χ4n) is 1.98. The molecule has 14 heavy (non-hydrogen) atoms. The molecular formula is C13H15Cl. The van der Waals surface area contributed by atoms with Crippen molar-refractivity contribution < 1.29 is 0 Å². The average Bonchev–Trinajstić information content (AvgIpc) is 2.47. The van der Waals surface area contributed by atoms with Crippen LogP contribution in [0.5, 0.6) is 0 Å². The van der Waals surface area contributed by atoms with Crippen LogP contribution in [0, 0.1) is 0 Å². The molecular weight excluding hydrogens is 192 g/mol. The van der Waals surface area contributed by atoms with Crippen molar-refractivity contribution in [1.29, 1.82) is 0 Å². The second-order valence-electron chi connectivity index (χ2n) is 3.81. The number of halogens is 1. The Morgan fingerprint density at radius 2 is 1.86 bits per heavy atom. The first-order valence-corrected chi connectivity index (χ1v) is 5.69.